The third-order valence-electron chi connectivity index (χ3n) is 8.83. The molecule has 0 saturated carbocycles. The van der Waals surface area contributed by atoms with E-state index < -0.39 is 0 Å². The van der Waals surface area contributed by atoms with Crippen LogP contribution in [0.1, 0.15) is 98.4 Å². The molecule has 0 aliphatic carbocycles. The standard InChI is InChI=1S/C23H29NO2.C12H17NO.C4H10O2/c1-4-6-17-7-9-18(10-8-17)21-13-19(14-24(21)5-2)20-11-12-22-23(16(20)3)26-15-25-22;1-4-10-6-9(3)7-11(5-2)12(10)13-8-14;1-2-6-4-3-5/h7-12,19,21H,4-6,13-15H2,1-3H3;6-8H,4-5H2,1-3H3,(H,13,14);5H,2-4H2,1H3. The Bertz CT molecular complexity index is 1330. The third-order valence-corrected chi connectivity index (χ3v) is 8.83. The van der Waals surface area contributed by atoms with E-state index in [9.17, 15) is 4.79 Å². The summed E-state index contributed by atoms with van der Waals surface area (Å²) >= 11 is 0. The Morgan fingerprint density at radius 3 is 2.22 bits per heavy atom. The number of hydrogen-bond donors (Lipinski definition) is 2. The second-order valence-electron chi connectivity index (χ2n) is 11.9. The smallest absolute Gasteiger partial charge is 0.231 e. The van der Waals surface area contributed by atoms with E-state index >= 15 is 0 Å². The quantitative estimate of drug-likeness (QED) is 0.156. The molecule has 0 spiro atoms. The summed E-state index contributed by atoms with van der Waals surface area (Å²) in [7, 11) is 0. The number of likely N-dealkylation sites (N-methyl/N-ethyl adjacent to an activating group) is 1. The maximum atomic E-state index is 10.5. The van der Waals surface area contributed by atoms with Crippen LogP contribution in [-0.4, -0.2) is 56.1 Å². The van der Waals surface area contributed by atoms with Crippen molar-refractivity contribution in [2.24, 2.45) is 0 Å². The maximum Gasteiger partial charge on any atom is 0.231 e. The van der Waals surface area contributed by atoms with Gasteiger partial charge in [-0.3, -0.25) is 9.69 Å². The van der Waals surface area contributed by atoms with Crippen molar-refractivity contribution in [2.75, 3.05) is 45.0 Å². The van der Waals surface area contributed by atoms with Crippen LogP contribution in [0.3, 0.4) is 0 Å². The lowest BCUT2D eigenvalue weighted by Gasteiger charge is -2.23. The average Bonchev–Trinajstić information content (AvgIpc) is 3.74. The minimum Gasteiger partial charge on any atom is -0.454 e. The first kappa shape index (κ1) is 37.1. The highest BCUT2D eigenvalue weighted by Gasteiger charge is 2.34. The van der Waals surface area contributed by atoms with E-state index in [1.807, 2.05) is 6.92 Å². The molecular formula is C39H56N2O5. The number of benzene rings is 3. The van der Waals surface area contributed by atoms with Gasteiger partial charge in [0.1, 0.15) is 0 Å². The van der Waals surface area contributed by atoms with Crippen molar-refractivity contribution in [3.63, 3.8) is 0 Å². The Labute approximate surface area is 277 Å². The fourth-order valence-corrected chi connectivity index (χ4v) is 6.54. The second-order valence-corrected chi connectivity index (χ2v) is 11.9. The van der Waals surface area contributed by atoms with Gasteiger partial charge in [0.2, 0.25) is 13.2 Å². The molecule has 252 valence electrons. The Balaban J connectivity index is 0.000000241. The van der Waals surface area contributed by atoms with E-state index in [-0.39, 0.29) is 6.61 Å². The molecule has 2 atom stereocenters. The highest BCUT2D eigenvalue weighted by molar-refractivity contribution is 5.76. The van der Waals surface area contributed by atoms with Crippen molar-refractivity contribution in [1.82, 2.24) is 4.90 Å². The molecule has 2 N–H and O–H groups in total. The van der Waals surface area contributed by atoms with Gasteiger partial charge in [-0.1, -0.05) is 82.1 Å². The molecule has 2 aliphatic rings. The van der Waals surface area contributed by atoms with Crippen LogP contribution >= 0.6 is 0 Å². The lowest BCUT2D eigenvalue weighted by molar-refractivity contribution is -0.105. The number of hydrogen-bond acceptors (Lipinski definition) is 6. The minimum absolute atomic E-state index is 0.133. The number of amides is 1. The van der Waals surface area contributed by atoms with Crippen LogP contribution in [0.25, 0.3) is 0 Å². The fraction of sp³-hybridized carbons (Fsp3) is 0.513. The van der Waals surface area contributed by atoms with Gasteiger partial charge in [-0.05, 0) is 98.4 Å². The first-order chi connectivity index (χ1) is 22.3. The molecule has 0 radical (unpaired) electrons. The van der Waals surface area contributed by atoms with Crippen molar-refractivity contribution in [3.05, 3.63) is 87.5 Å². The Hall–Kier alpha value is -3.39. The molecule has 1 fully saturated rings. The molecule has 0 aromatic heterocycles. The van der Waals surface area contributed by atoms with Gasteiger partial charge in [0.05, 0.1) is 13.2 Å². The van der Waals surface area contributed by atoms with Crippen molar-refractivity contribution < 1.29 is 24.1 Å². The van der Waals surface area contributed by atoms with Gasteiger partial charge in [0, 0.05) is 24.9 Å². The number of rotatable bonds is 12. The molecule has 46 heavy (non-hydrogen) atoms. The summed E-state index contributed by atoms with van der Waals surface area (Å²) in [5.74, 6) is 2.38. The van der Waals surface area contributed by atoms with E-state index in [0.29, 0.717) is 32.0 Å². The molecule has 3 aromatic rings. The molecule has 0 bridgehead atoms. The van der Waals surface area contributed by atoms with E-state index in [0.717, 1.165) is 49.5 Å². The molecule has 3 aromatic carbocycles. The number of aliphatic hydroxyl groups is 1. The number of nitrogens with one attached hydrogen (secondary N) is 1. The summed E-state index contributed by atoms with van der Waals surface area (Å²) in [5, 5.41) is 10.9. The SMILES string of the molecule is CCCc1ccc(C2CC(c3ccc4c(c3C)OCO4)CN2CC)cc1.CCOCCO.CCc1cc(C)cc(CC)c1NC=O. The van der Waals surface area contributed by atoms with Crippen molar-refractivity contribution >= 4 is 12.1 Å². The lowest BCUT2D eigenvalue weighted by atomic mass is 9.90. The predicted molar refractivity (Wildman–Crippen MR) is 188 cm³/mol. The zero-order valence-electron chi connectivity index (χ0n) is 29.2. The molecule has 2 heterocycles. The number of carbonyl (C=O) groups is 1. The van der Waals surface area contributed by atoms with Crippen molar-refractivity contribution in [1.29, 1.82) is 0 Å². The first-order valence-electron chi connectivity index (χ1n) is 17.1. The normalized spacial score (nSPS) is 16.7. The zero-order chi connectivity index (χ0) is 33.5. The van der Waals surface area contributed by atoms with Crippen LogP contribution in [-0.2, 0) is 28.8 Å². The summed E-state index contributed by atoms with van der Waals surface area (Å²) in [4.78, 5) is 13.1. The van der Waals surface area contributed by atoms with E-state index in [2.05, 4.69) is 100 Å². The second kappa shape index (κ2) is 19.3. The molecule has 5 rings (SSSR count). The van der Waals surface area contributed by atoms with E-state index in [1.54, 1.807) is 0 Å². The number of likely N-dealkylation sites (tertiary alicyclic amines) is 1. The summed E-state index contributed by atoms with van der Waals surface area (Å²) in [6, 6.07) is 18.4. The van der Waals surface area contributed by atoms with E-state index in [1.165, 1.54) is 58.2 Å². The number of fused-ring (bicyclic) bond motifs is 1. The molecule has 2 aliphatic heterocycles. The van der Waals surface area contributed by atoms with Crippen LogP contribution in [0.4, 0.5) is 5.69 Å². The van der Waals surface area contributed by atoms with Crippen LogP contribution in [0.15, 0.2) is 48.5 Å². The van der Waals surface area contributed by atoms with Gasteiger partial charge >= 0.3 is 0 Å². The number of nitrogens with zero attached hydrogens (tertiary/aromatic N) is 1. The Morgan fingerprint density at radius 1 is 0.978 bits per heavy atom. The van der Waals surface area contributed by atoms with Crippen LogP contribution in [0.5, 0.6) is 11.5 Å². The molecule has 2 unspecified atom stereocenters. The van der Waals surface area contributed by atoms with Crippen LogP contribution < -0.4 is 14.8 Å². The number of ether oxygens (including phenoxy) is 3. The number of aryl methyl sites for hydroxylation is 4. The van der Waals surface area contributed by atoms with Crippen molar-refractivity contribution in [3.8, 4) is 11.5 Å². The van der Waals surface area contributed by atoms with E-state index in [4.69, 9.17) is 19.3 Å². The van der Waals surface area contributed by atoms with Gasteiger partial charge in [0.15, 0.2) is 11.5 Å². The molecule has 7 nitrogen and oxygen atoms in total. The first-order valence-corrected chi connectivity index (χ1v) is 17.1. The third kappa shape index (κ3) is 9.81. The lowest BCUT2D eigenvalue weighted by Crippen LogP contribution is -2.23. The number of carbonyl (C=O) groups excluding carboxylic acids is 1. The summed E-state index contributed by atoms with van der Waals surface area (Å²) in [5.41, 5.74) is 10.2. The highest BCUT2D eigenvalue weighted by atomic mass is 16.7. The largest absolute Gasteiger partial charge is 0.454 e. The molecule has 7 heteroatoms. The maximum absolute atomic E-state index is 10.5. The molecule has 1 amide bonds. The topological polar surface area (TPSA) is 80.3 Å². The minimum atomic E-state index is 0.133. The zero-order valence-corrected chi connectivity index (χ0v) is 29.2. The van der Waals surface area contributed by atoms with Gasteiger partial charge in [0.25, 0.3) is 0 Å². The monoisotopic (exact) mass is 632 g/mol. The van der Waals surface area contributed by atoms with Crippen molar-refractivity contribution in [2.45, 2.75) is 92.5 Å². The van der Waals surface area contributed by atoms with Crippen LogP contribution in [0, 0.1) is 13.8 Å². The summed E-state index contributed by atoms with van der Waals surface area (Å²) < 4.78 is 16.0. The Morgan fingerprint density at radius 2 is 1.67 bits per heavy atom. The highest BCUT2D eigenvalue weighted by Crippen LogP contribution is 2.45. The molecular weight excluding hydrogens is 576 g/mol. The number of anilines is 1. The van der Waals surface area contributed by atoms with Crippen LogP contribution in [0.2, 0.25) is 0 Å². The Kier molecular flexibility index (Phi) is 15.6. The van der Waals surface area contributed by atoms with Gasteiger partial charge < -0.3 is 24.6 Å². The summed E-state index contributed by atoms with van der Waals surface area (Å²) in [6.45, 7) is 18.7. The van der Waals surface area contributed by atoms with Gasteiger partial charge in [-0.2, -0.15) is 0 Å². The molecule has 1 saturated heterocycles. The van der Waals surface area contributed by atoms with Gasteiger partial charge in [-0.25, -0.2) is 0 Å². The predicted octanol–water partition coefficient (Wildman–Crippen LogP) is 7.93. The summed E-state index contributed by atoms with van der Waals surface area (Å²) in [6.07, 6.45) is 6.19. The average molecular weight is 633 g/mol. The van der Waals surface area contributed by atoms with Gasteiger partial charge in [-0.15, -0.1) is 0 Å². The fourth-order valence-electron chi connectivity index (χ4n) is 6.54. The number of aliphatic hydroxyl groups excluding tert-OH is 1.